The lowest BCUT2D eigenvalue weighted by molar-refractivity contribution is -0.192. The molecule has 0 aliphatic carbocycles. The van der Waals surface area contributed by atoms with Gasteiger partial charge in [0, 0.05) is 42.4 Å². The number of nitrogen functional groups attached to an aromatic ring is 1. The number of hydrogen-bond donors (Lipinski definition) is 6. The topological polar surface area (TPSA) is 228 Å². The molecular formula is C35H36F3N7O8. The molecular weight excluding hydrogens is 703 g/mol. The average Bonchev–Trinajstić information content (AvgIpc) is 3.08. The summed E-state index contributed by atoms with van der Waals surface area (Å²) in [5, 5.41) is 23.5. The minimum Gasteiger partial charge on any atom is -0.475 e. The fraction of sp³-hybridized carbons (Fsp3) is 0.229. The first-order valence-electron chi connectivity index (χ1n) is 15.6. The number of ether oxygens (including phenoxy) is 2. The molecule has 0 aliphatic heterocycles. The number of aliphatic carboxylic acids is 1. The lowest BCUT2D eigenvalue weighted by Crippen LogP contribution is -2.35. The van der Waals surface area contributed by atoms with Gasteiger partial charge in [-0.3, -0.25) is 29.7 Å². The number of anilines is 2. The molecule has 0 spiro atoms. The molecule has 4 rings (SSSR count). The van der Waals surface area contributed by atoms with E-state index in [1.165, 1.54) is 29.8 Å². The van der Waals surface area contributed by atoms with E-state index in [0.29, 0.717) is 16.8 Å². The van der Waals surface area contributed by atoms with Gasteiger partial charge in [0.05, 0.1) is 11.9 Å². The lowest BCUT2D eigenvalue weighted by Gasteiger charge is -2.17. The molecule has 0 saturated carbocycles. The number of alkyl carbamates (subject to hydrolysis) is 1. The molecule has 15 nitrogen and oxygen atoms in total. The number of halogens is 3. The molecule has 3 aromatic carbocycles. The van der Waals surface area contributed by atoms with E-state index in [-0.39, 0.29) is 48.8 Å². The lowest BCUT2D eigenvalue weighted by atomic mass is 10.1. The van der Waals surface area contributed by atoms with Crippen LogP contribution >= 0.6 is 0 Å². The summed E-state index contributed by atoms with van der Waals surface area (Å²) < 4.78 is 43.3. The van der Waals surface area contributed by atoms with Crippen LogP contribution in [0, 0.1) is 5.41 Å². The largest absolute Gasteiger partial charge is 0.490 e. The second-order valence-electron chi connectivity index (χ2n) is 11.4. The zero-order chi connectivity index (χ0) is 39.3. The van der Waals surface area contributed by atoms with E-state index >= 15 is 0 Å². The van der Waals surface area contributed by atoms with Crippen LogP contribution in [0.5, 0.6) is 5.75 Å². The molecule has 1 aromatic heterocycles. The molecule has 0 bridgehead atoms. The Labute approximate surface area is 300 Å². The van der Waals surface area contributed by atoms with Crippen molar-refractivity contribution in [3.05, 3.63) is 106 Å². The van der Waals surface area contributed by atoms with Crippen molar-refractivity contribution in [1.82, 2.24) is 20.2 Å². The molecule has 4 aromatic rings. The number of nitrogens with one attached hydrogen (secondary N) is 4. The van der Waals surface area contributed by atoms with Gasteiger partial charge in [-0.05, 0) is 37.1 Å². The standard InChI is InChI=1S/C33H35N7O6.C2HF3O2/c1-20(2)38-31-32(43)40(28(17-37-31)25-13-26(34)15-27(14-25)46-21(3)41)18-29(42)36-16-22-9-11-24(12-10-22)30(35)39-33(44)45-19-23-7-5-4-6-8-23;3-2(4,5)1(6)7/h4-15,17,20H,16,18-19,34H2,1-3H3,(H,36,42)(H,37,38)(H2,35,39,44);(H,6,7). The fourth-order valence-corrected chi connectivity index (χ4v) is 4.37. The van der Waals surface area contributed by atoms with Crippen molar-refractivity contribution in [2.75, 3.05) is 11.1 Å². The highest BCUT2D eigenvalue weighted by Crippen LogP contribution is 2.27. The van der Waals surface area contributed by atoms with Gasteiger partial charge < -0.3 is 30.9 Å². The maximum atomic E-state index is 13.4. The molecule has 0 fully saturated rings. The van der Waals surface area contributed by atoms with E-state index in [1.54, 1.807) is 30.3 Å². The number of alkyl halides is 3. The minimum absolute atomic E-state index is 0.0752. The van der Waals surface area contributed by atoms with Crippen LogP contribution in [-0.4, -0.2) is 56.7 Å². The number of nitrogens with zero attached hydrogens (tertiary/aromatic N) is 2. The van der Waals surface area contributed by atoms with Crippen molar-refractivity contribution < 1.29 is 46.9 Å². The molecule has 0 radical (unpaired) electrons. The first-order chi connectivity index (χ1) is 24.9. The zero-order valence-electron chi connectivity index (χ0n) is 28.6. The summed E-state index contributed by atoms with van der Waals surface area (Å²) in [6.07, 6.45) is -4.38. The second-order valence-corrected chi connectivity index (χ2v) is 11.4. The van der Waals surface area contributed by atoms with Gasteiger partial charge in [0.2, 0.25) is 5.91 Å². The number of amides is 2. The maximum absolute atomic E-state index is 13.4. The van der Waals surface area contributed by atoms with Crippen LogP contribution in [0.3, 0.4) is 0 Å². The molecule has 53 heavy (non-hydrogen) atoms. The fourth-order valence-electron chi connectivity index (χ4n) is 4.37. The summed E-state index contributed by atoms with van der Waals surface area (Å²) in [6.45, 7) is 4.86. The Balaban J connectivity index is 0.000000980. The summed E-state index contributed by atoms with van der Waals surface area (Å²) in [5.41, 5.74) is 8.52. The molecule has 2 amide bonds. The van der Waals surface area contributed by atoms with Gasteiger partial charge in [-0.1, -0.05) is 54.6 Å². The number of aromatic nitrogens is 2. The molecule has 0 unspecified atom stereocenters. The van der Waals surface area contributed by atoms with Crippen molar-refractivity contribution in [2.45, 2.75) is 52.7 Å². The monoisotopic (exact) mass is 739 g/mol. The first kappa shape index (κ1) is 40.7. The van der Waals surface area contributed by atoms with E-state index in [2.05, 4.69) is 20.9 Å². The minimum atomic E-state index is -5.08. The Morgan fingerprint density at radius 1 is 1.00 bits per heavy atom. The smallest absolute Gasteiger partial charge is 0.475 e. The van der Waals surface area contributed by atoms with Crippen LogP contribution in [0.4, 0.5) is 29.5 Å². The zero-order valence-corrected chi connectivity index (χ0v) is 28.6. The third-order valence-corrected chi connectivity index (χ3v) is 6.68. The highest BCUT2D eigenvalue weighted by atomic mass is 19.4. The number of carboxylic acid groups (broad SMARTS) is 1. The van der Waals surface area contributed by atoms with E-state index in [1.807, 2.05) is 44.2 Å². The number of amidine groups is 1. The van der Waals surface area contributed by atoms with Gasteiger partial charge in [0.25, 0.3) is 5.56 Å². The number of carbonyl (C=O) groups is 4. The summed E-state index contributed by atoms with van der Waals surface area (Å²) in [4.78, 5) is 63.3. The Bertz CT molecular complexity index is 2000. The third-order valence-electron chi connectivity index (χ3n) is 6.68. The van der Waals surface area contributed by atoms with Gasteiger partial charge in [0.15, 0.2) is 5.82 Å². The predicted octanol–water partition coefficient (Wildman–Crippen LogP) is 4.44. The van der Waals surface area contributed by atoms with Crippen LogP contribution in [-0.2, 0) is 38.8 Å². The molecule has 0 atom stereocenters. The number of carbonyl (C=O) groups excluding carboxylic acids is 3. The molecule has 0 saturated heterocycles. The van der Waals surface area contributed by atoms with E-state index in [4.69, 9.17) is 30.5 Å². The van der Waals surface area contributed by atoms with E-state index < -0.39 is 35.7 Å². The summed E-state index contributed by atoms with van der Waals surface area (Å²) in [7, 11) is 0. The van der Waals surface area contributed by atoms with Gasteiger partial charge in [-0.2, -0.15) is 13.2 Å². The predicted molar refractivity (Wildman–Crippen MR) is 187 cm³/mol. The number of carboxylic acids is 1. The average molecular weight is 740 g/mol. The van der Waals surface area contributed by atoms with Crippen molar-refractivity contribution in [1.29, 1.82) is 5.41 Å². The molecule has 18 heteroatoms. The van der Waals surface area contributed by atoms with Crippen LogP contribution in [0.1, 0.15) is 37.5 Å². The van der Waals surface area contributed by atoms with E-state index in [9.17, 15) is 32.3 Å². The second kappa shape index (κ2) is 18.5. The van der Waals surface area contributed by atoms with Gasteiger partial charge in [0.1, 0.15) is 24.7 Å². The Hall–Kier alpha value is -6.72. The molecule has 280 valence electrons. The van der Waals surface area contributed by atoms with Gasteiger partial charge in [-0.15, -0.1) is 0 Å². The van der Waals surface area contributed by atoms with Crippen molar-refractivity contribution >= 4 is 41.3 Å². The third kappa shape index (κ3) is 13.2. The SMILES string of the molecule is CC(=O)Oc1cc(N)cc(-c2cnc(NC(C)C)c(=O)n2CC(=O)NCc2ccc(C(=N)NC(=O)OCc3ccccc3)cc2)c1.O=C(O)C(F)(F)F. The van der Waals surface area contributed by atoms with Crippen LogP contribution in [0.25, 0.3) is 11.3 Å². The number of hydrogen-bond acceptors (Lipinski definition) is 11. The summed E-state index contributed by atoms with van der Waals surface area (Å²) >= 11 is 0. The normalized spacial score (nSPS) is 10.7. The molecule has 1 heterocycles. The van der Waals surface area contributed by atoms with Crippen LogP contribution in [0.15, 0.2) is 83.8 Å². The highest BCUT2D eigenvalue weighted by Gasteiger charge is 2.38. The Kier molecular flexibility index (Phi) is 14.2. The summed E-state index contributed by atoms with van der Waals surface area (Å²) in [6, 6.07) is 20.4. The van der Waals surface area contributed by atoms with Crippen LogP contribution < -0.4 is 32.0 Å². The highest BCUT2D eigenvalue weighted by molar-refractivity contribution is 6.04. The number of esters is 1. The van der Waals surface area contributed by atoms with E-state index in [0.717, 1.165) is 11.1 Å². The van der Waals surface area contributed by atoms with Crippen molar-refractivity contribution in [3.8, 4) is 17.0 Å². The number of rotatable bonds is 11. The van der Waals surface area contributed by atoms with Gasteiger partial charge >= 0.3 is 24.2 Å². The number of benzene rings is 3. The Morgan fingerprint density at radius 2 is 1.64 bits per heavy atom. The first-order valence-corrected chi connectivity index (χ1v) is 15.6. The molecule has 7 N–H and O–H groups in total. The maximum Gasteiger partial charge on any atom is 0.490 e. The summed E-state index contributed by atoms with van der Waals surface area (Å²) in [5.74, 6) is -3.62. The van der Waals surface area contributed by atoms with Gasteiger partial charge in [-0.25, -0.2) is 14.6 Å². The van der Waals surface area contributed by atoms with Crippen molar-refractivity contribution in [3.63, 3.8) is 0 Å². The molecule has 0 aliphatic rings. The van der Waals surface area contributed by atoms with Crippen LogP contribution in [0.2, 0.25) is 0 Å². The number of nitrogens with two attached hydrogens (primary N) is 1. The quantitative estimate of drug-likeness (QED) is 0.0414. The Morgan fingerprint density at radius 3 is 2.23 bits per heavy atom. The van der Waals surface area contributed by atoms with Crippen molar-refractivity contribution in [2.24, 2.45) is 0 Å².